The topological polar surface area (TPSA) is 71.2 Å². The third-order valence-corrected chi connectivity index (χ3v) is 7.64. The number of nitrogens with one attached hydrogen (secondary N) is 2. The number of carbonyl (C=O) groups is 2. The fourth-order valence-electron chi connectivity index (χ4n) is 5.41. The van der Waals surface area contributed by atoms with Crippen molar-refractivity contribution in [1.82, 2.24) is 20.7 Å². The molecule has 222 valence electrons. The molecule has 1 atom stereocenters. The maximum Gasteiger partial charge on any atom is 0.416 e. The first kappa shape index (κ1) is 29.4. The first-order valence-electron chi connectivity index (χ1n) is 14.0. The summed E-state index contributed by atoms with van der Waals surface area (Å²) in [7, 11) is 0. The Hall–Kier alpha value is -4.09. The van der Waals surface area contributed by atoms with Gasteiger partial charge in [-0.3, -0.25) is 19.6 Å². The lowest BCUT2D eigenvalue weighted by Gasteiger charge is -2.40. The lowest BCUT2D eigenvalue weighted by atomic mass is 10.0. The number of hydrazine groups is 1. The van der Waals surface area contributed by atoms with Gasteiger partial charge in [0, 0.05) is 50.1 Å². The molecule has 1 unspecified atom stereocenters. The fourth-order valence-corrected chi connectivity index (χ4v) is 5.41. The van der Waals surface area contributed by atoms with Crippen LogP contribution in [0.4, 0.5) is 29.3 Å². The van der Waals surface area contributed by atoms with Crippen LogP contribution in [0.5, 0.6) is 0 Å². The Balaban J connectivity index is 1.23. The fraction of sp³-hybridized carbons (Fsp3) is 0.355. The maximum absolute atomic E-state index is 13.5. The number of carbonyl (C=O) groups excluding carboxylic acids is 2. The van der Waals surface area contributed by atoms with Gasteiger partial charge in [0.25, 0.3) is 0 Å². The number of amides is 3. The molecule has 3 aromatic carbocycles. The van der Waals surface area contributed by atoms with Crippen LogP contribution in [-0.2, 0) is 17.5 Å². The summed E-state index contributed by atoms with van der Waals surface area (Å²) in [4.78, 5) is 32.2. The second kappa shape index (κ2) is 12.4. The van der Waals surface area contributed by atoms with E-state index in [1.54, 1.807) is 16.0 Å². The van der Waals surface area contributed by atoms with Gasteiger partial charge in [0.15, 0.2) is 0 Å². The zero-order valence-electron chi connectivity index (χ0n) is 23.6. The van der Waals surface area contributed by atoms with Crippen molar-refractivity contribution in [3.8, 4) is 0 Å². The molecule has 2 aliphatic rings. The number of halogens is 3. The van der Waals surface area contributed by atoms with E-state index in [4.69, 9.17) is 0 Å². The first-order valence-corrected chi connectivity index (χ1v) is 14.0. The number of rotatable bonds is 8. The van der Waals surface area contributed by atoms with Gasteiger partial charge in [0.1, 0.15) is 6.04 Å². The third kappa shape index (κ3) is 6.52. The molecule has 0 radical (unpaired) electrons. The molecule has 2 heterocycles. The van der Waals surface area contributed by atoms with Crippen LogP contribution in [0.1, 0.15) is 36.6 Å². The maximum atomic E-state index is 13.5. The Morgan fingerprint density at radius 1 is 0.905 bits per heavy atom. The number of urea groups is 1. The molecule has 42 heavy (non-hydrogen) atoms. The molecular formula is C31H35F3N6O2. The van der Waals surface area contributed by atoms with Crippen molar-refractivity contribution in [3.63, 3.8) is 0 Å². The largest absolute Gasteiger partial charge is 0.416 e. The Morgan fingerprint density at radius 3 is 2.19 bits per heavy atom. The summed E-state index contributed by atoms with van der Waals surface area (Å²) in [6.45, 7) is 6.96. The van der Waals surface area contributed by atoms with Gasteiger partial charge in [-0.1, -0.05) is 42.5 Å². The Kier molecular flexibility index (Phi) is 8.69. The van der Waals surface area contributed by atoms with E-state index in [1.807, 2.05) is 68.4 Å². The summed E-state index contributed by atoms with van der Waals surface area (Å²) in [5.41, 5.74) is 5.45. The predicted octanol–water partition coefficient (Wildman–Crippen LogP) is 5.00. The average molecular weight is 581 g/mol. The van der Waals surface area contributed by atoms with Gasteiger partial charge < -0.3 is 10.2 Å². The number of piperazine rings is 1. The van der Waals surface area contributed by atoms with Crippen LogP contribution in [0.2, 0.25) is 0 Å². The van der Waals surface area contributed by atoms with Crippen molar-refractivity contribution in [1.29, 1.82) is 0 Å². The van der Waals surface area contributed by atoms with Crippen molar-refractivity contribution in [2.45, 2.75) is 38.7 Å². The zero-order valence-corrected chi connectivity index (χ0v) is 23.6. The lowest BCUT2D eigenvalue weighted by molar-refractivity contribution is -0.137. The number of anilines is 2. The third-order valence-electron chi connectivity index (χ3n) is 7.64. The number of nitrogens with zero attached hydrogens (tertiary/aromatic N) is 4. The highest BCUT2D eigenvalue weighted by atomic mass is 19.4. The highest BCUT2D eigenvalue weighted by Crippen LogP contribution is 2.30. The summed E-state index contributed by atoms with van der Waals surface area (Å²) in [5, 5.41) is 4.48. The van der Waals surface area contributed by atoms with E-state index in [1.165, 1.54) is 6.07 Å². The normalized spacial score (nSPS) is 17.2. The van der Waals surface area contributed by atoms with Gasteiger partial charge in [-0.2, -0.15) is 13.2 Å². The molecule has 2 N–H and O–H groups in total. The minimum atomic E-state index is -4.44. The Morgan fingerprint density at radius 2 is 1.57 bits per heavy atom. The number of benzene rings is 3. The van der Waals surface area contributed by atoms with E-state index in [-0.39, 0.29) is 24.5 Å². The van der Waals surface area contributed by atoms with Crippen molar-refractivity contribution < 1.29 is 22.8 Å². The highest BCUT2D eigenvalue weighted by molar-refractivity contribution is 5.93. The lowest BCUT2D eigenvalue weighted by Crippen LogP contribution is -2.51. The SMILES string of the molecule is CC(C)N1NCN(c2ccc(N3CCN(C(C(=O)NCc4cccc(C(F)(F)F)c4)c4ccccc4)CC3)cc2)C1=O. The van der Waals surface area contributed by atoms with Crippen molar-refractivity contribution in [2.24, 2.45) is 0 Å². The quantitative estimate of drug-likeness (QED) is 0.393. The molecular weight excluding hydrogens is 545 g/mol. The number of alkyl halides is 3. The van der Waals surface area contributed by atoms with Crippen LogP contribution >= 0.6 is 0 Å². The predicted molar refractivity (Wildman–Crippen MR) is 156 cm³/mol. The van der Waals surface area contributed by atoms with E-state index in [2.05, 4.69) is 20.5 Å². The van der Waals surface area contributed by atoms with E-state index >= 15 is 0 Å². The van der Waals surface area contributed by atoms with Gasteiger partial charge >= 0.3 is 12.2 Å². The molecule has 0 aliphatic carbocycles. The molecule has 2 saturated heterocycles. The Bertz CT molecular complexity index is 1380. The van der Waals surface area contributed by atoms with E-state index in [9.17, 15) is 22.8 Å². The van der Waals surface area contributed by atoms with Crippen LogP contribution in [-0.4, -0.2) is 60.7 Å². The van der Waals surface area contributed by atoms with Crippen LogP contribution in [0.25, 0.3) is 0 Å². The molecule has 3 amide bonds. The smallest absolute Gasteiger partial charge is 0.369 e. The minimum Gasteiger partial charge on any atom is -0.369 e. The second-order valence-electron chi connectivity index (χ2n) is 10.8. The average Bonchev–Trinajstić information content (AvgIpc) is 3.38. The zero-order chi connectivity index (χ0) is 29.9. The second-order valence-corrected chi connectivity index (χ2v) is 10.8. The Labute approximate surface area is 243 Å². The monoisotopic (exact) mass is 580 g/mol. The van der Waals surface area contributed by atoms with Crippen LogP contribution < -0.4 is 20.5 Å². The van der Waals surface area contributed by atoms with E-state index in [0.717, 1.165) is 29.1 Å². The summed E-state index contributed by atoms with van der Waals surface area (Å²) in [5.74, 6) is -0.254. The standard InChI is InChI=1S/C31H35F3N6O2/c1-22(2)40-30(42)39(21-36-40)27-13-11-26(12-14-27)37-15-17-38(18-16-37)28(24-8-4-3-5-9-24)29(41)35-20-23-7-6-10-25(19-23)31(32,33)34/h3-14,19,22,28,36H,15-18,20-21H2,1-2H3,(H,35,41). The molecule has 2 aliphatic heterocycles. The minimum absolute atomic E-state index is 0.00235. The molecule has 2 fully saturated rings. The molecule has 8 nitrogen and oxygen atoms in total. The summed E-state index contributed by atoms with van der Waals surface area (Å²) < 4.78 is 39.4. The van der Waals surface area contributed by atoms with E-state index in [0.29, 0.717) is 38.4 Å². The molecule has 11 heteroatoms. The highest BCUT2D eigenvalue weighted by Gasteiger charge is 2.33. The van der Waals surface area contributed by atoms with Crippen LogP contribution in [0.3, 0.4) is 0 Å². The van der Waals surface area contributed by atoms with Gasteiger partial charge in [-0.25, -0.2) is 10.2 Å². The number of hydrogen-bond donors (Lipinski definition) is 2. The van der Waals surface area contributed by atoms with Crippen molar-refractivity contribution >= 4 is 23.3 Å². The van der Waals surface area contributed by atoms with E-state index < -0.39 is 17.8 Å². The molecule has 5 rings (SSSR count). The molecule has 0 saturated carbocycles. The molecule has 0 spiro atoms. The van der Waals surface area contributed by atoms with Gasteiger partial charge in [-0.05, 0) is 61.4 Å². The van der Waals surface area contributed by atoms with Crippen LogP contribution in [0.15, 0.2) is 78.9 Å². The van der Waals surface area contributed by atoms with Gasteiger partial charge in [0.05, 0.1) is 12.2 Å². The number of hydrogen-bond acceptors (Lipinski definition) is 5. The van der Waals surface area contributed by atoms with Crippen molar-refractivity contribution in [2.75, 3.05) is 42.6 Å². The van der Waals surface area contributed by atoms with Crippen LogP contribution in [0, 0.1) is 0 Å². The van der Waals surface area contributed by atoms with Crippen molar-refractivity contribution in [3.05, 3.63) is 95.6 Å². The summed E-state index contributed by atoms with van der Waals surface area (Å²) >= 11 is 0. The molecule has 0 bridgehead atoms. The summed E-state index contributed by atoms with van der Waals surface area (Å²) in [6, 6.07) is 21.8. The summed E-state index contributed by atoms with van der Waals surface area (Å²) in [6.07, 6.45) is -4.44. The molecule has 0 aromatic heterocycles. The van der Waals surface area contributed by atoms with Gasteiger partial charge in [-0.15, -0.1) is 0 Å². The van der Waals surface area contributed by atoms with Gasteiger partial charge in [0.2, 0.25) is 5.91 Å². The molecule has 3 aromatic rings. The first-order chi connectivity index (χ1) is 20.1.